The normalized spacial score (nSPS) is 79.6. The summed E-state index contributed by atoms with van der Waals surface area (Å²) in [5.41, 5.74) is 0. The van der Waals surface area contributed by atoms with Crippen LogP contribution < -0.4 is 0 Å². The first-order valence-corrected chi connectivity index (χ1v) is 6.60. The zero-order valence-electron chi connectivity index (χ0n) is 7.04. The first-order chi connectivity index (χ1) is 6.55. The van der Waals surface area contributed by atoms with E-state index in [2.05, 4.69) is 31.9 Å². The Morgan fingerprint density at radius 2 is 1.14 bits per heavy atom. The molecule has 14 heavy (non-hydrogen) atoms. The molecule has 0 spiro atoms. The number of ketones is 2. The molecule has 6 rings (SSSR count). The number of hydrogen-bond acceptors (Lipinski definition) is 2. The van der Waals surface area contributed by atoms with Crippen LogP contribution in [0.15, 0.2) is 0 Å². The van der Waals surface area contributed by atoms with Crippen molar-refractivity contribution in [2.45, 2.75) is 8.65 Å². The second-order valence-electron chi connectivity index (χ2n) is 5.42. The van der Waals surface area contributed by atoms with Gasteiger partial charge in [-0.3, -0.25) is 9.59 Å². The highest BCUT2D eigenvalue weighted by Crippen LogP contribution is 2.92. The summed E-state index contributed by atoms with van der Waals surface area (Å²) in [6.45, 7) is 0. The van der Waals surface area contributed by atoms with Crippen molar-refractivity contribution < 1.29 is 9.59 Å². The lowest BCUT2D eigenvalue weighted by Gasteiger charge is -2.68. The van der Waals surface area contributed by atoms with Crippen molar-refractivity contribution in [2.24, 2.45) is 35.5 Å². The van der Waals surface area contributed by atoms with Crippen molar-refractivity contribution in [1.29, 1.82) is 0 Å². The van der Waals surface area contributed by atoms with E-state index in [9.17, 15) is 9.59 Å². The maximum Gasteiger partial charge on any atom is 0.154 e. The summed E-state index contributed by atoms with van der Waals surface area (Å²) < 4.78 is -0.526. The lowest BCUT2D eigenvalue weighted by molar-refractivity contribution is -0.139. The Morgan fingerprint density at radius 1 is 0.786 bits per heavy atom. The second-order valence-corrected chi connectivity index (χ2v) is 8.04. The molecule has 72 valence electrons. The summed E-state index contributed by atoms with van der Waals surface area (Å²) in [6, 6.07) is 0. The van der Waals surface area contributed by atoms with Crippen LogP contribution in [0, 0.1) is 35.5 Å². The lowest BCUT2D eigenvalue weighted by atomic mass is 9.41. The van der Waals surface area contributed by atoms with Gasteiger partial charge in [0.1, 0.15) is 0 Å². The molecule has 6 aliphatic rings. The monoisotopic (exact) mass is 316 g/mol. The van der Waals surface area contributed by atoms with E-state index in [4.69, 9.17) is 0 Å². The van der Waals surface area contributed by atoms with Gasteiger partial charge in [-0.05, 0) is 23.7 Å². The minimum atomic E-state index is -0.263. The van der Waals surface area contributed by atoms with Crippen molar-refractivity contribution >= 4 is 43.4 Å². The third-order valence-corrected chi connectivity index (χ3v) is 8.52. The quantitative estimate of drug-likeness (QED) is 0.628. The molecule has 4 bridgehead atoms. The summed E-state index contributed by atoms with van der Waals surface area (Å²) in [5.74, 6) is 2.45. The first-order valence-electron chi connectivity index (χ1n) is 5.02. The maximum atomic E-state index is 12.1. The van der Waals surface area contributed by atoms with E-state index in [0.717, 1.165) is 0 Å². The van der Waals surface area contributed by atoms with Gasteiger partial charge in [0, 0.05) is 11.8 Å². The van der Waals surface area contributed by atoms with Crippen LogP contribution in [0.3, 0.4) is 0 Å². The zero-order chi connectivity index (χ0) is 9.62. The molecule has 0 saturated heterocycles. The van der Waals surface area contributed by atoms with Crippen LogP contribution in [0.4, 0.5) is 0 Å². The van der Waals surface area contributed by atoms with Crippen LogP contribution in [0.25, 0.3) is 0 Å². The first kappa shape index (κ1) is 7.55. The molecule has 6 aliphatic carbocycles. The van der Waals surface area contributed by atoms with E-state index in [1.807, 2.05) is 0 Å². The average molecular weight is 318 g/mol. The molecule has 2 nitrogen and oxygen atoms in total. The van der Waals surface area contributed by atoms with E-state index in [1.54, 1.807) is 0 Å². The predicted molar refractivity (Wildman–Crippen MR) is 54.3 cm³/mol. The van der Waals surface area contributed by atoms with Crippen LogP contribution in [-0.2, 0) is 9.59 Å². The highest BCUT2D eigenvalue weighted by atomic mass is 79.9. The number of halogens is 2. The van der Waals surface area contributed by atoms with Crippen molar-refractivity contribution in [3.8, 4) is 0 Å². The summed E-state index contributed by atoms with van der Waals surface area (Å²) >= 11 is 7.27. The van der Waals surface area contributed by atoms with E-state index in [-0.39, 0.29) is 20.5 Å². The van der Waals surface area contributed by atoms with Crippen molar-refractivity contribution in [3.05, 3.63) is 0 Å². The topological polar surface area (TPSA) is 34.1 Å². The summed E-state index contributed by atoms with van der Waals surface area (Å²) in [7, 11) is 0. The molecule has 0 unspecified atom stereocenters. The van der Waals surface area contributed by atoms with E-state index >= 15 is 0 Å². The smallest absolute Gasteiger partial charge is 0.154 e. The Hall–Kier alpha value is 0.300. The van der Waals surface area contributed by atoms with E-state index in [1.165, 1.54) is 0 Å². The summed E-state index contributed by atoms with van der Waals surface area (Å²) in [5, 5.41) is 0. The zero-order valence-corrected chi connectivity index (χ0v) is 10.2. The predicted octanol–water partition coefficient (Wildman–Crippen LogP) is 1.16. The molecule has 0 amide bonds. The van der Waals surface area contributed by atoms with Crippen molar-refractivity contribution in [3.63, 3.8) is 0 Å². The van der Waals surface area contributed by atoms with Gasteiger partial charge in [-0.1, -0.05) is 31.9 Å². The largest absolute Gasteiger partial charge is 0.298 e. The minimum Gasteiger partial charge on any atom is -0.298 e. The molecule has 0 aromatic carbocycles. The number of hydrogen-bond donors (Lipinski definition) is 0. The third-order valence-electron chi connectivity index (χ3n) is 5.62. The van der Waals surface area contributed by atoms with Crippen molar-refractivity contribution in [2.75, 3.05) is 0 Å². The SMILES string of the molecule is O=C1[C@@H]2[C@@H]3C(=O)[C@]4(Br)[C@H]5[C@@H]([C@@H]24)[C@@]1(Br)[C@H]35. The van der Waals surface area contributed by atoms with Crippen LogP contribution in [0.5, 0.6) is 0 Å². The molecule has 8 atom stereocenters. The van der Waals surface area contributed by atoms with Crippen LogP contribution in [-0.4, -0.2) is 20.2 Å². The highest BCUT2D eigenvalue weighted by molar-refractivity contribution is 9.10. The number of carbonyl (C=O) groups excluding carboxylic acids is 2. The maximum absolute atomic E-state index is 12.1. The second kappa shape index (κ2) is 1.53. The van der Waals surface area contributed by atoms with E-state index < -0.39 is 0 Å². The third kappa shape index (κ3) is 0.337. The Labute approximate surface area is 97.1 Å². The highest BCUT2D eigenvalue weighted by Gasteiger charge is 3.00. The van der Waals surface area contributed by atoms with Gasteiger partial charge >= 0.3 is 0 Å². The fraction of sp³-hybridized carbons (Fsp3) is 0.800. The average Bonchev–Trinajstić information content (AvgIpc) is 2.54. The molecule has 0 aromatic rings. The standard InChI is InChI=1S/C10H6Br2O2/c11-9-3-1-2(8(9)14)4-6(9)5(3)10(4,12)7(1)13/h1-6H/t1-,2+,3-,4-,5-,6-,9-,10+/m1/s1. The lowest BCUT2D eigenvalue weighted by Crippen LogP contribution is -2.74. The molecule has 4 heteroatoms. The fourth-order valence-corrected chi connectivity index (χ4v) is 8.27. The number of Topliss-reactive ketones (excluding diaryl/α,β-unsaturated/α-hetero) is 2. The Balaban J connectivity index is 1.93. The van der Waals surface area contributed by atoms with Gasteiger partial charge < -0.3 is 0 Å². The minimum absolute atomic E-state index is 0.0706. The molecule has 0 aliphatic heterocycles. The molecule has 6 fully saturated rings. The summed E-state index contributed by atoms with van der Waals surface area (Å²) in [6.07, 6.45) is 0. The molecule has 6 saturated carbocycles. The van der Waals surface area contributed by atoms with Gasteiger partial charge in [0.15, 0.2) is 11.6 Å². The van der Waals surface area contributed by atoms with Gasteiger partial charge in [0.05, 0.1) is 8.65 Å². The van der Waals surface area contributed by atoms with E-state index in [0.29, 0.717) is 35.2 Å². The van der Waals surface area contributed by atoms with Crippen LogP contribution in [0.2, 0.25) is 0 Å². The molecule has 0 radical (unpaired) electrons. The Bertz CT molecular complexity index is 419. The number of alkyl halides is 2. The Morgan fingerprint density at radius 3 is 1.43 bits per heavy atom. The van der Waals surface area contributed by atoms with Gasteiger partial charge in [-0.15, -0.1) is 0 Å². The van der Waals surface area contributed by atoms with Gasteiger partial charge in [0.2, 0.25) is 0 Å². The molecule has 0 heterocycles. The molecular formula is C10H6Br2O2. The van der Waals surface area contributed by atoms with Gasteiger partial charge in [-0.2, -0.15) is 0 Å². The van der Waals surface area contributed by atoms with Gasteiger partial charge in [0.25, 0.3) is 0 Å². The number of rotatable bonds is 0. The molecular weight excluding hydrogens is 312 g/mol. The molecule has 0 aromatic heterocycles. The van der Waals surface area contributed by atoms with Crippen molar-refractivity contribution in [1.82, 2.24) is 0 Å². The number of carbonyl (C=O) groups is 2. The van der Waals surface area contributed by atoms with Crippen LogP contribution in [0.1, 0.15) is 0 Å². The van der Waals surface area contributed by atoms with Crippen LogP contribution >= 0.6 is 31.9 Å². The fourth-order valence-electron chi connectivity index (χ4n) is 5.46. The summed E-state index contributed by atoms with van der Waals surface area (Å²) in [4.78, 5) is 24.1. The molecule has 0 N–H and O–H groups in total. The van der Waals surface area contributed by atoms with Gasteiger partial charge in [-0.25, -0.2) is 0 Å². The Kier molecular flexibility index (Phi) is 0.824.